The van der Waals surface area contributed by atoms with E-state index in [9.17, 15) is 18.0 Å². The molecular formula is C13H21F3N4O. The molecule has 1 heterocycles. The predicted molar refractivity (Wildman–Crippen MR) is 71.9 cm³/mol. The molecule has 0 fully saturated rings. The molecule has 1 N–H and O–H groups in total. The number of hydrogen-bond acceptors (Lipinski definition) is 3. The number of nitrogens with zero attached hydrogens (tertiary/aromatic N) is 3. The van der Waals surface area contributed by atoms with Gasteiger partial charge in [0.15, 0.2) is 0 Å². The van der Waals surface area contributed by atoms with Crippen LogP contribution in [0.25, 0.3) is 0 Å². The van der Waals surface area contributed by atoms with Crippen molar-refractivity contribution in [1.29, 1.82) is 0 Å². The van der Waals surface area contributed by atoms with Crippen LogP contribution in [-0.4, -0.2) is 45.3 Å². The molecule has 0 bridgehead atoms. The number of carbonyl (C=O) groups is 1. The highest BCUT2D eigenvalue weighted by molar-refractivity contribution is 5.90. The molecule has 1 aromatic rings. The molecule has 21 heavy (non-hydrogen) atoms. The molecule has 0 aromatic carbocycles. The SMILES string of the molecule is CC(C)CN(CC(F)(F)F)C(=O)c1n[nH]c(C(C)(C)C)n1. The van der Waals surface area contributed by atoms with Crippen LogP contribution in [0.2, 0.25) is 0 Å². The molecule has 0 saturated heterocycles. The van der Waals surface area contributed by atoms with Crippen molar-refractivity contribution in [3.8, 4) is 0 Å². The van der Waals surface area contributed by atoms with E-state index in [-0.39, 0.29) is 23.7 Å². The highest BCUT2D eigenvalue weighted by Gasteiger charge is 2.35. The number of amides is 1. The topological polar surface area (TPSA) is 61.9 Å². The number of aromatic nitrogens is 3. The number of alkyl halides is 3. The van der Waals surface area contributed by atoms with Gasteiger partial charge in [0.25, 0.3) is 5.91 Å². The van der Waals surface area contributed by atoms with Gasteiger partial charge in [0, 0.05) is 12.0 Å². The molecule has 5 nitrogen and oxygen atoms in total. The summed E-state index contributed by atoms with van der Waals surface area (Å²) in [7, 11) is 0. The van der Waals surface area contributed by atoms with Gasteiger partial charge < -0.3 is 4.90 Å². The van der Waals surface area contributed by atoms with Gasteiger partial charge in [0.2, 0.25) is 5.82 Å². The summed E-state index contributed by atoms with van der Waals surface area (Å²) in [6.45, 7) is 7.78. The van der Waals surface area contributed by atoms with Crippen LogP contribution in [0.1, 0.15) is 51.1 Å². The summed E-state index contributed by atoms with van der Waals surface area (Å²) in [5, 5.41) is 6.35. The third kappa shape index (κ3) is 5.35. The van der Waals surface area contributed by atoms with Crippen molar-refractivity contribution < 1.29 is 18.0 Å². The average molecular weight is 306 g/mol. The number of halogens is 3. The number of hydrogen-bond donors (Lipinski definition) is 1. The van der Waals surface area contributed by atoms with Gasteiger partial charge in [-0.1, -0.05) is 34.6 Å². The Bertz CT molecular complexity index is 488. The summed E-state index contributed by atoms with van der Waals surface area (Å²) in [5.74, 6) is -0.669. The Morgan fingerprint density at radius 1 is 1.29 bits per heavy atom. The van der Waals surface area contributed by atoms with Gasteiger partial charge >= 0.3 is 6.18 Å². The first-order valence-corrected chi connectivity index (χ1v) is 6.69. The van der Waals surface area contributed by atoms with E-state index in [2.05, 4.69) is 15.2 Å². The van der Waals surface area contributed by atoms with Crippen molar-refractivity contribution in [2.24, 2.45) is 5.92 Å². The van der Waals surface area contributed by atoms with Gasteiger partial charge in [-0.3, -0.25) is 9.89 Å². The first-order chi connectivity index (χ1) is 9.40. The first-order valence-electron chi connectivity index (χ1n) is 6.69. The monoisotopic (exact) mass is 306 g/mol. The zero-order valence-corrected chi connectivity index (χ0v) is 12.9. The van der Waals surface area contributed by atoms with Crippen LogP contribution in [0.4, 0.5) is 13.2 Å². The number of rotatable bonds is 4. The summed E-state index contributed by atoms with van der Waals surface area (Å²) in [5.41, 5.74) is -0.363. The van der Waals surface area contributed by atoms with E-state index in [0.29, 0.717) is 5.82 Å². The van der Waals surface area contributed by atoms with Gasteiger partial charge in [-0.15, -0.1) is 5.10 Å². The van der Waals surface area contributed by atoms with E-state index in [0.717, 1.165) is 4.90 Å². The first kappa shape index (κ1) is 17.5. The Hall–Kier alpha value is -1.60. The van der Waals surface area contributed by atoms with Crippen LogP contribution in [0.5, 0.6) is 0 Å². The highest BCUT2D eigenvalue weighted by atomic mass is 19.4. The molecule has 8 heteroatoms. The maximum Gasteiger partial charge on any atom is 0.406 e. The van der Waals surface area contributed by atoms with Crippen LogP contribution >= 0.6 is 0 Å². The van der Waals surface area contributed by atoms with Crippen molar-refractivity contribution in [3.05, 3.63) is 11.6 Å². The van der Waals surface area contributed by atoms with Crippen LogP contribution in [0.15, 0.2) is 0 Å². The lowest BCUT2D eigenvalue weighted by Gasteiger charge is -2.24. The van der Waals surface area contributed by atoms with Crippen molar-refractivity contribution in [2.45, 2.75) is 46.2 Å². The zero-order chi connectivity index (χ0) is 16.4. The average Bonchev–Trinajstić information content (AvgIpc) is 2.73. The lowest BCUT2D eigenvalue weighted by molar-refractivity contribution is -0.141. The maximum atomic E-state index is 12.6. The molecule has 0 radical (unpaired) electrons. The Morgan fingerprint density at radius 2 is 1.86 bits per heavy atom. The number of nitrogens with one attached hydrogen (secondary N) is 1. The van der Waals surface area contributed by atoms with Gasteiger partial charge in [0.05, 0.1) is 0 Å². The standard InChI is InChI=1S/C13H21F3N4O/c1-8(2)6-20(7-13(14,15)16)10(21)9-17-11(19-18-9)12(3,4)5/h8H,6-7H2,1-5H3,(H,17,18,19). The highest BCUT2D eigenvalue weighted by Crippen LogP contribution is 2.20. The molecule has 1 amide bonds. The van der Waals surface area contributed by atoms with Crippen molar-refractivity contribution in [2.75, 3.05) is 13.1 Å². The summed E-state index contributed by atoms with van der Waals surface area (Å²) in [6, 6.07) is 0. The van der Waals surface area contributed by atoms with Gasteiger partial charge in [0.1, 0.15) is 12.4 Å². The molecule has 120 valence electrons. The van der Waals surface area contributed by atoms with Gasteiger partial charge in [-0.05, 0) is 5.92 Å². The van der Waals surface area contributed by atoms with Gasteiger partial charge in [-0.25, -0.2) is 4.98 Å². The Kier molecular flexibility index (Phi) is 5.01. The molecule has 0 aliphatic rings. The minimum Gasteiger partial charge on any atom is -0.327 e. The number of H-pyrrole nitrogens is 1. The van der Waals surface area contributed by atoms with E-state index >= 15 is 0 Å². The van der Waals surface area contributed by atoms with Crippen molar-refractivity contribution in [1.82, 2.24) is 20.1 Å². The van der Waals surface area contributed by atoms with Crippen LogP contribution < -0.4 is 0 Å². The van der Waals surface area contributed by atoms with Crippen LogP contribution in [-0.2, 0) is 5.41 Å². The summed E-state index contributed by atoms with van der Waals surface area (Å²) in [6.07, 6.45) is -4.45. The predicted octanol–water partition coefficient (Wildman–Crippen LogP) is 2.76. The van der Waals surface area contributed by atoms with E-state index in [4.69, 9.17) is 0 Å². The van der Waals surface area contributed by atoms with Crippen LogP contribution in [0.3, 0.4) is 0 Å². The molecule has 0 aliphatic heterocycles. The fourth-order valence-electron chi connectivity index (χ4n) is 1.71. The quantitative estimate of drug-likeness (QED) is 0.930. The summed E-state index contributed by atoms with van der Waals surface area (Å²) in [4.78, 5) is 16.9. The van der Waals surface area contributed by atoms with Crippen LogP contribution in [0, 0.1) is 5.92 Å². The fourth-order valence-corrected chi connectivity index (χ4v) is 1.71. The zero-order valence-electron chi connectivity index (χ0n) is 12.9. The minimum atomic E-state index is -4.45. The Balaban J connectivity index is 2.97. The molecular weight excluding hydrogens is 285 g/mol. The second kappa shape index (κ2) is 6.03. The molecule has 0 spiro atoms. The number of carbonyl (C=O) groups excluding carboxylic acids is 1. The molecule has 0 atom stereocenters. The van der Waals surface area contributed by atoms with E-state index in [1.807, 2.05) is 20.8 Å². The Labute approximate surface area is 121 Å². The summed E-state index contributed by atoms with van der Waals surface area (Å²) < 4.78 is 37.8. The minimum absolute atomic E-state index is 0.00225. The van der Waals surface area contributed by atoms with Gasteiger partial charge in [-0.2, -0.15) is 13.2 Å². The fraction of sp³-hybridized carbons (Fsp3) is 0.769. The maximum absolute atomic E-state index is 12.6. The van der Waals surface area contributed by atoms with E-state index in [1.54, 1.807) is 13.8 Å². The normalized spacial score (nSPS) is 12.8. The third-order valence-corrected chi connectivity index (χ3v) is 2.63. The smallest absolute Gasteiger partial charge is 0.327 e. The molecule has 1 aromatic heterocycles. The van der Waals surface area contributed by atoms with E-state index in [1.165, 1.54) is 0 Å². The van der Waals surface area contributed by atoms with Crippen molar-refractivity contribution in [3.63, 3.8) is 0 Å². The van der Waals surface area contributed by atoms with E-state index < -0.39 is 18.6 Å². The third-order valence-electron chi connectivity index (χ3n) is 2.63. The summed E-state index contributed by atoms with van der Waals surface area (Å²) >= 11 is 0. The largest absolute Gasteiger partial charge is 0.406 e. The molecule has 0 unspecified atom stereocenters. The Morgan fingerprint density at radius 3 is 2.24 bits per heavy atom. The molecule has 0 saturated carbocycles. The lowest BCUT2D eigenvalue weighted by atomic mass is 9.96. The molecule has 0 aliphatic carbocycles. The second-order valence-corrected chi connectivity index (χ2v) is 6.45. The lowest BCUT2D eigenvalue weighted by Crippen LogP contribution is -2.41. The van der Waals surface area contributed by atoms with Crippen molar-refractivity contribution >= 4 is 5.91 Å². The second-order valence-electron chi connectivity index (χ2n) is 6.45. The number of aromatic amines is 1. The molecule has 1 rings (SSSR count).